The van der Waals surface area contributed by atoms with Gasteiger partial charge in [0.05, 0.1) is 58.0 Å². The number of allylic oxidation sites excluding steroid dienone is 3. The van der Waals surface area contributed by atoms with Crippen LogP contribution >= 0.6 is 0 Å². The summed E-state index contributed by atoms with van der Waals surface area (Å²) in [5, 5.41) is 16.2. The molecule has 0 fully saturated rings. The summed E-state index contributed by atoms with van der Waals surface area (Å²) in [4.78, 5) is 38.8. The van der Waals surface area contributed by atoms with Crippen LogP contribution in [0.4, 0.5) is 0 Å². The summed E-state index contributed by atoms with van der Waals surface area (Å²) >= 11 is 0. The normalized spacial score (nSPS) is 11.1. The van der Waals surface area contributed by atoms with E-state index in [0.29, 0.717) is 13.2 Å². The van der Waals surface area contributed by atoms with Gasteiger partial charge in [0.15, 0.2) is 0 Å². The molecule has 0 aromatic heterocycles. The number of rotatable bonds is 21. The van der Waals surface area contributed by atoms with E-state index < -0.39 is 5.54 Å². The van der Waals surface area contributed by atoms with E-state index in [-0.39, 0.29) is 75.3 Å². The molecule has 0 saturated heterocycles. The maximum atomic E-state index is 12.4. The van der Waals surface area contributed by atoms with Gasteiger partial charge in [-0.3, -0.25) is 9.59 Å². The summed E-state index contributed by atoms with van der Waals surface area (Å²) in [5.41, 5.74) is 8.05. The third-order valence-corrected chi connectivity index (χ3v) is 9.29. The molecule has 0 unspecified atom stereocenters. The first kappa shape index (κ1) is 52.1. The van der Waals surface area contributed by atoms with Crippen LogP contribution in [0, 0.1) is 0 Å². The second-order valence-corrected chi connectivity index (χ2v) is 16.1. The maximum absolute atomic E-state index is 12.4. The average Bonchev–Trinajstić information content (AvgIpc) is 3.18. The van der Waals surface area contributed by atoms with Gasteiger partial charge in [-0.05, 0) is 74.1 Å². The summed E-state index contributed by atoms with van der Waals surface area (Å²) in [6.45, 7) is 31.1. The molecular formula is C49H67NO9. The van der Waals surface area contributed by atoms with Crippen LogP contribution in [0.2, 0.25) is 0 Å². The van der Waals surface area contributed by atoms with E-state index in [0.717, 1.165) is 50.1 Å². The van der Waals surface area contributed by atoms with Gasteiger partial charge in [-0.1, -0.05) is 131 Å². The van der Waals surface area contributed by atoms with Gasteiger partial charge in [0.2, 0.25) is 6.08 Å². The second kappa shape index (κ2) is 26.2. The van der Waals surface area contributed by atoms with Crippen molar-refractivity contribution in [3.05, 3.63) is 126 Å². The minimum atomic E-state index is -0.521. The molecule has 10 nitrogen and oxygen atoms in total. The van der Waals surface area contributed by atoms with Crippen molar-refractivity contribution >= 4 is 34.7 Å². The number of carbonyl (C=O) groups excluding carboxylic acids is 3. The summed E-state index contributed by atoms with van der Waals surface area (Å²) in [6, 6.07) is 24.1. The monoisotopic (exact) mass is 813 g/mol. The van der Waals surface area contributed by atoms with Gasteiger partial charge in [-0.15, -0.1) is 0 Å². The summed E-state index contributed by atoms with van der Waals surface area (Å²) in [6.07, 6.45) is 2.13. The maximum Gasteiger partial charge on any atom is 0.306 e. The highest BCUT2D eigenvalue weighted by Crippen LogP contribution is 2.31. The number of aliphatic hydroxyl groups excluding tert-OH is 2. The van der Waals surface area contributed by atoms with E-state index in [1.807, 2.05) is 123 Å². The number of carbonyl (C=O) groups is 2. The Bertz CT molecular complexity index is 1780. The SMILES string of the molecule is C=C(C)c1cccc(C(C)(C)CC(=O)OCCOCCOC(=O)CC(C)(C)c2cccc(C(=C)C)c2)c1.C=C(C)c1cccc(C(C)(C)N=C=O)c1.OCCOCCO. The fourth-order valence-electron chi connectivity index (χ4n) is 5.55. The molecule has 59 heavy (non-hydrogen) atoms. The van der Waals surface area contributed by atoms with Crippen LogP contribution in [-0.4, -0.2) is 81.1 Å². The number of aliphatic hydroxyl groups is 2. The molecule has 0 heterocycles. The molecule has 3 aromatic rings. The molecule has 322 valence electrons. The molecule has 0 spiro atoms. The summed E-state index contributed by atoms with van der Waals surface area (Å²) < 4.78 is 20.8. The Kier molecular flexibility index (Phi) is 23.1. The number of hydrogen-bond donors (Lipinski definition) is 2. The van der Waals surface area contributed by atoms with Crippen LogP contribution in [0.25, 0.3) is 16.7 Å². The highest BCUT2D eigenvalue weighted by atomic mass is 16.6. The van der Waals surface area contributed by atoms with Gasteiger partial charge in [-0.25, -0.2) is 4.79 Å². The zero-order valence-electron chi connectivity index (χ0n) is 36.8. The van der Waals surface area contributed by atoms with Gasteiger partial charge in [-0.2, -0.15) is 4.99 Å². The summed E-state index contributed by atoms with van der Waals surface area (Å²) in [7, 11) is 0. The molecule has 0 aliphatic rings. The predicted molar refractivity (Wildman–Crippen MR) is 238 cm³/mol. The predicted octanol–water partition coefficient (Wildman–Crippen LogP) is 9.17. The molecule has 0 radical (unpaired) electrons. The Morgan fingerprint density at radius 1 is 0.576 bits per heavy atom. The van der Waals surface area contributed by atoms with Crippen molar-refractivity contribution in [3.63, 3.8) is 0 Å². The Morgan fingerprint density at radius 2 is 0.915 bits per heavy atom. The van der Waals surface area contributed by atoms with Gasteiger partial charge in [0.1, 0.15) is 13.2 Å². The van der Waals surface area contributed by atoms with E-state index in [2.05, 4.69) is 41.6 Å². The van der Waals surface area contributed by atoms with E-state index in [9.17, 15) is 14.4 Å². The number of aliphatic imine (C=N–C) groups is 1. The zero-order valence-corrected chi connectivity index (χ0v) is 36.8. The third-order valence-electron chi connectivity index (χ3n) is 9.29. The highest BCUT2D eigenvalue weighted by molar-refractivity contribution is 5.72. The van der Waals surface area contributed by atoms with Gasteiger partial charge >= 0.3 is 11.9 Å². The number of ether oxygens (including phenoxy) is 4. The molecule has 0 atom stereocenters. The second-order valence-electron chi connectivity index (χ2n) is 16.1. The number of hydrogen-bond acceptors (Lipinski definition) is 10. The third kappa shape index (κ3) is 20.0. The van der Waals surface area contributed by atoms with E-state index in [4.69, 9.17) is 24.4 Å². The largest absolute Gasteiger partial charge is 0.463 e. The van der Waals surface area contributed by atoms with Crippen LogP contribution in [0.5, 0.6) is 0 Å². The number of benzene rings is 3. The van der Waals surface area contributed by atoms with Crippen molar-refractivity contribution in [2.75, 3.05) is 52.9 Å². The molecule has 0 saturated carbocycles. The van der Waals surface area contributed by atoms with Crippen molar-refractivity contribution in [2.45, 2.75) is 91.5 Å². The number of nitrogens with zero attached hydrogens (tertiary/aromatic N) is 1. The first-order valence-electron chi connectivity index (χ1n) is 19.8. The lowest BCUT2D eigenvalue weighted by molar-refractivity contribution is -0.147. The quantitative estimate of drug-likeness (QED) is 0.0466. The van der Waals surface area contributed by atoms with E-state index in [1.165, 1.54) is 0 Å². The van der Waals surface area contributed by atoms with Crippen LogP contribution in [0.3, 0.4) is 0 Å². The van der Waals surface area contributed by atoms with Crippen molar-refractivity contribution in [3.8, 4) is 0 Å². The topological polar surface area (TPSA) is 141 Å². The first-order valence-corrected chi connectivity index (χ1v) is 19.8. The van der Waals surface area contributed by atoms with Gasteiger partial charge in [0.25, 0.3) is 0 Å². The molecule has 0 aliphatic heterocycles. The van der Waals surface area contributed by atoms with Crippen LogP contribution in [-0.2, 0) is 49.7 Å². The Labute approximate surface area is 352 Å². The molecule has 3 rings (SSSR count). The zero-order chi connectivity index (χ0) is 44.6. The summed E-state index contributed by atoms with van der Waals surface area (Å²) in [5.74, 6) is -0.558. The fraction of sp³-hybridized carbons (Fsp3) is 0.449. The minimum absolute atomic E-state index is 0.0278. The number of esters is 2. The molecule has 0 aliphatic carbocycles. The molecule has 3 aromatic carbocycles. The minimum Gasteiger partial charge on any atom is -0.463 e. The van der Waals surface area contributed by atoms with Crippen molar-refractivity contribution in [2.24, 2.45) is 4.99 Å². The van der Waals surface area contributed by atoms with E-state index >= 15 is 0 Å². The lowest BCUT2D eigenvalue weighted by Crippen LogP contribution is -2.25. The molecule has 0 amide bonds. The van der Waals surface area contributed by atoms with Crippen LogP contribution in [0.1, 0.15) is 109 Å². The Morgan fingerprint density at radius 3 is 1.25 bits per heavy atom. The van der Waals surface area contributed by atoms with Crippen LogP contribution in [0.15, 0.2) is 97.5 Å². The highest BCUT2D eigenvalue weighted by Gasteiger charge is 2.27. The standard InChI is InChI=1S/C32H42O5.C13H15NO.C4H10O3/c1-23(2)25-11-9-13-27(19-25)31(5,6)21-29(33)36-17-15-35-16-18-37-30(34)22-32(7,8)28-14-10-12-26(20-28)24(3)4;1-10(2)11-6-5-7-12(8-11)13(3,4)14-9-15;5-1-3-7-4-2-6/h9-14,19-20H,1,3,15-18,21-22H2,2,4-8H3;5-8H,1H2,2-4H3;5-6H,1-4H2. The first-order chi connectivity index (χ1) is 27.7. The molecule has 0 bridgehead atoms. The van der Waals surface area contributed by atoms with Gasteiger partial charge in [0, 0.05) is 10.8 Å². The smallest absolute Gasteiger partial charge is 0.306 e. The van der Waals surface area contributed by atoms with Crippen molar-refractivity contribution in [1.29, 1.82) is 0 Å². The van der Waals surface area contributed by atoms with Crippen LogP contribution < -0.4 is 0 Å². The lowest BCUT2D eigenvalue weighted by atomic mass is 9.80. The van der Waals surface area contributed by atoms with Crippen molar-refractivity contribution in [1.82, 2.24) is 0 Å². The van der Waals surface area contributed by atoms with Gasteiger partial charge < -0.3 is 29.2 Å². The molecular weight excluding hydrogens is 747 g/mol. The lowest BCUT2D eigenvalue weighted by Gasteiger charge is -2.25. The fourth-order valence-corrected chi connectivity index (χ4v) is 5.55. The Balaban J connectivity index is 0.000000644. The number of isocyanates is 1. The van der Waals surface area contributed by atoms with E-state index in [1.54, 1.807) is 6.08 Å². The average molecular weight is 814 g/mol. The molecule has 10 heteroatoms. The van der Waals surface area contributed by atoms with Crippen molar-refractivity contribution < 1.29 is 43.5 Å². The molecule has 2 N–H and O–H groups in total. The Hall–Kier alpha value is -4.96.